The van der Waals surface area contributed by atoms with E-state index in [-0.39, 0.29) is 30.4 Å². The zero-order chi connectivity index (χ0) is 28.1. The highest BCUT2D eigenvalue weighted by Crippen LogP contribution is 2.28. The van der Waals surface area contributed by atoms with Gasteiger partial charge in [0.15, 0.2) is 0 Å². The quantitative estimate of drug-likeness (QED) is 0.367. The van der Waals surface area contributed by atoms with E-state index in [1.165, 1.54) is 11.0 Å². The number of carbonyl (C=O) groups is 3. The molecular weight excluding hydrogens is 508 g/mol. The fourth-order valence-corrected chi connectivity index (χ4v) is 4.80. The molecule has 0 saturated heterocycles. The molecule has 0 aliphatic rings. The van der Waals surface area contributed by atoms with Crippen molar-refractivity contribution < 1.29 is 27.5 Å². The van der Waals surface area contributed by atoms with E-state index >= 15 is 0 Å². The van der Waals surface area contributed by atoms with Crippen LogP contribution in [0.1, 0.15) is 52.0 Å². The molecule has 11 heteroatoms. The van der Waals surface area contributed by atoms with E-state index < -0.39 is 28.1 Å². The van der Waals surface area contributed by atoms with Gasteiger partial charge >= 0.3 is 12.0 Å². The summed E-state index contributed by atoms with van der Waals surface area (Å²) in [5.41, 5.74) is 1.59. The standard InChI is InChI=1S/C27H34N4O6S/c1-4-7-12-25(32)31(23(18-28)26(33)37-6-3)19-20-13-15-21(16-14-20)22-10-8-9-11-24(22)38(35,36)30-27(34)29-17-5-2/h8-11,13-16,23H,4-7,12,17,19H2,1-3H3,(H2,29,30,34). The number of urea groups is 1. The highest BCUT2D eigenvalue weighted by molar-refractivity contribution is 7.90. The van der Waals surface area contributed by atoms with Gasteiger partial charge in [0, 0.05) is 25.1 Å². The van der Waals surface area contributed by atoms with Gasteiger partial charge in [0.1, 0.15) is 0 Å². The van der Waals surface area contributed by atoms with Gasteiger partial charge in [-0.3, -0.25) is 4.79 Å². The Kier molecular flexibility index (Phi) is 11.8. The maximum absolute atomic E-state index is 12.9. The Morgan fingerprint density at radius 3 is 2.32 bits per heavy atom. The second-order valence-electron chi connectivity index (χ2n) is 8.46. The van der Waals surface area contributed by atoms with Crippen molar-refractivity contribution in [1.29, 1.82) is 5.26 Å². The lowest BCUT2D eigenvalue weighted by Gasteiger charge is -2.26. The number of nitriles is 1. The third kappa shape index (κ3) is 8.31. The van der Waals surface area contributed by atoms with Gasteiger partial charge in [-0.2, -0.15) is 5.26 Å². The van der Waals surface area contributed by atoms with Gasteiger partial charge in [-0.1, -0.05) is 62.7 Å². The minimum Gasteiger partial charge on any atom is -0.464 e. The van der Waals surface area contributed by atoms with Crippen LogP contribution >= 0.6 is 0 Å². The van der Waals surface area contributed by atoms with E-state index in [9.17, 15) is 28.1 Å². The zero-order valence-corrected chi connectivity index (χ0v) is 22.7. The van der Waals surface area contributed by atoms with Crippen molar-refractivity contribution >= 4 is 27.9 Å². The zero-order valence-electron chi connectivity index (χ0n) is 21.9. The first-order valence-corrected chi connectivity index (χ1v) is 14.0. The summed E-state index contributed by atoms with van der Waals surface area (Å²) in [6, 6.07) is 12.7. The molecule has 0 bridgehead atoms. The number of ether oxygens (including phenoxy) is 1. The van der Waals surface area contributed by atoms with Crippen molar-refractivity contribution in [3.05, 3.63) is 54.1 Å². The summed E-state index contributed by atoms with van der Waals surface area (Å²) in [6.45, 7) is 5.84. The monoisotopic (exact) mass is 542 g/mol. The molecule has 0 saturated carbocycles. The van der Waals surface area contributed by atoms with E-state index in [0.717, 1.165) is 6.42 Å². The summed E-state index contributed by atoms with van der Waals surface area (Å²) in [5.74, 6) is -1.12. The van der Waals surface area contributed by atoms with Gasteiger partial charge in [-0.25, -0.2) is 22.7 Å². The summed E-state index contributed by atoms with van der Waals surface area (Å²) in [4.78, 5) is 38.4. The van der Waals surface area contributed by atoms with Gasteiger partial charge in [-0.15, -0.1) is 0 Å². The van der Waals surface area contributed by atoms with Crippen LogP contribution in [0.4, 0.5) is 4.79 Å². The van der Waals surface area contributed by atoms with Crippen LogP contribution in [-0.2, 0) is 30.9 Å². The third-order valence-electron chi connectivity index (χ3n) is 5.57. The molecule has 0 fully saturated rings. The second kappa shape index (κ2) is 14.7. The molecule has 3 amide bonds. The van der Waals surface area contributed by atoms with Crippen molar-refractivity contribution in [2.45, 2.75) is 63.9 Å². The van der Waals surface area contributed by atoms with Crippen LogP contribution in [0.2, 0.25) is 0 Å². The predicted molar refractivity (Wildman–Crippen MR) is 142 cm³/mol. The predicted octanol–water partition coefficient (Wildman–Crippen LogP) is 3.73. The smallest absolute Gasteiger partial charge is 0.343 e. The van der Waals surface area contributed by atoms with Gasteiger partial charge in [-0.05, 0) is 37.0 Å². The Morgan fingerprint density at radius 2 is 1.71 bits per heavy atom. The van der Waals surface area contributed by atoms with E-state index in [2.05, 4.69) is 5.32 Å². The molecule has 10 nitrogen and oxygen atoms in total. The van der Waals surface area contributed by atoms with Crippen molar-refractivity contribution in [2.75, 3.05) is 13.2 Å². The largest absolute Gasteiger partial charge is 0.464 e. The maximum atomic E-state index is 12.9. The number of amides is 3. The second-order valence-corrected chi connectivity index (χ2v) is 10.1. The van der Waals surface area contributed by atoms with Crippen LogP contribution in [0, 0.1) is 11.3 Å². The van der Waals surface area contributed by atoms with E-state index in [1.54, 1.807) is 49.4 Å². The molecule has 0 spiro atoms. The molecule has 0 aliphatic heterocycles. The first-order chi connectivity index (χ1) is 18.2. The molecule has 0 heterocycles. The molecule has 204 valence electrons. The minimum atomic E-state index is -4.15. The number of nitrogens with zero attached hydrogens (tertiary/aromatic N) is 2. The average molecular weight is 543 g/mol. The van der Waals surface area contributed by atoms with Crippen molar-refractivity contribution in [3.63, 3.8) is 0 Å². The molecule has 2 aromatic carbocycles. The minimum absolute atomic E-state index is 0.00102. The molecule has 38 heavy (non-hydrogen) atoms. The van der Waals surface area contributed by atoms with E-state index in [0.29, 0.717) is 36.1 Å². The van der Waals surface area contributed by atoms with Gasteiger partial charge in [0.05, 0.1) is 17.6 Å². The fraction of sp³-hybridized carbons (Fsp3) is 0.407. The number of benzene rings is 2. The normalized spacial score (nSPS) is 11.6. The first kappa shape index (κ1) is 30.3. The van der Waals surface area contributed by atoms with Crippen LogP contribution in [0.5, 0.6) is 0 Å². The molecule has 2 aromatic rings. The third-order valence-corrected chi connectivity index (χ3v) is 6.95. The molecule has 2 rings (SSSR count). The molecular formula is C27H34N4O6S. The van der Waals surface area contributed by atoms with Crippen molar-refractivity contribution in [2.24, 2.45) is 0 Å². The number of unbranched alkanes of at least 4 members (excludes halogenated alkanes) is 1. The Labute approximate surface area is 224 Å². The summed E-state index contributed by atoms with van der Waals surface area (Å²) < 4.78 is 32.8. The Morgan fingerprint density at radius 1 is 1.03 bits per heavy atom. The van der Waals surface area contributed by atoms with Crippen molar-refractivity contribution in [1.82, 2.24) is 14.9 Å². The lowest BCUT2D eigenvalue weighted by atomic mass is 10.0. The fourth-order valence-electron chi connectivity index (χ4n) is 3.64. The van der Waals surface area contributed by atoms with Gasteiger partial charge in [0.2, 0.25) is 11.9 Å². The Balaban J connectivity index is 2.34. The highest BCUT2D eigenvalue weighted by atomic mass is 32.2. The maximum Gasteiger partial charge on any atom is 0.343 e. The summed E-state index contributed by atoms with van der Waals surface area (Å²) in [5, 5.41) is 12.1. The van der Waals surface area contributed by atoms with Crippen LogP contribution in [-0.4, -0.2) is 50.4 Å². The SMILES string of the molecule is CCCCC(=O)N(Cc1ccc(-c2ccccc2S(=O)(=O)NC(=O)NCCC)cc1)C(C#N)C(=O)OCC. The molecule has 2 N–H and O–H groups in total. The number of hydrogen-bond acceptors (Lipinski definition) is 7. The number of hydrogen-bond donors (Lipinski definition) is 2. The number of rotatable bonds is 13. The van der Waals surface area contributed by atoms with Crippen LogP contribution in [0.15, 0.2) is 53.4 Å². The van der Waals surface area contributed by atoms with Gasteiger partial charge < -0.3 is 15.0 Å². The van der Waals surface area contributed by atoms with Gasteiger partial charge in [0.25, 0.3) is 10.0 Å². The molecule has 1 unspecified atom stereocenters. The van der Waals surface area contributed by atoms with Crippen LogP contribution < -0.4 is 10.0 Å². The first-order valence-electron chi connectivity index (χ1n) is 12.5. The average Bonchev–Trinajstić information content (AvgIpc) is 2.90. The number of sulfonamides is 1. The molecule has 0 aromatic heterocycles. The molecule has 0 radical (unpaired) electrons. The van der Waals surface area contributed by atoms with E-state index in [1.807, 2.05) is 24.6 Å². The Bertz CT molecular complexity index is 1260. The molecule has 0 aliphatic carbocycles. The number of carbonyl (C=O) groups excluding carboxylic acids is 3. The number of nitrogens with one attached hydrogen (secondary N) is 2. The lowest BCUT2D eigenvalue weighted by molar-refractivity contribution is -0.152. The summed E-state index contributed by atoms with van der Waals surface area (Å²) >= 11 is 0. The van der Waals surface area contributed by atoms with E-state index in [4.69, 9.17) is 4.74 Å². The Hall–Kier alpha value is -3.91. The highest BCUT2D eigenvalue weighted by Gasteiger charge is 2.31. The molecule has 1 atom stereocenters. The topological polar surface area (TPSA) is 146 Å². The lowest BCUT2D eigenvalue weighted by Crippen LogP contribution is -2.44. The van der Waals surface area contributed by atoms with Crippen LogP contribution in [0.3, 0.4) is 0 Å². The number of esters is 1. The summed E-state index contributed by atoms with van der Waals surface area (Å²) in [6.07, 6.45) is 2.25. The van der Waals surface area contributed by atoms with Crippen molar-refractivity contribution in [3.8, 4) is 17.2 Å². The van der Waals surface area contributed by atoms with Crippen LogP contribution in [0.25, 0.3) is 11.1 Å². The summed E-state index contributed by atoms with van der Waals surface area (Å²) in [7, 11) is -4.15.